The Morgan fingerprint density at radius 2 is 2.03 bits per heavy atom. The van der Waals surface area contributed by atoms with Gasteiger partial charge < -0.3 is 9.73 Å². The summed E-state index contributed by atoms with van der Waals surface area (Å²) in [6, 6.07) is 7.50. The Balaban J connectivity index is 1.33. The summed E-state index contributed by atoms with van der Waals surface area (Å²) in [6.45, 7) is 4.95. The van der Waals surface area contributed by atoms with Crippen LogP contribution in [0.3, 0.4) is 0 Å². The number of aryl methyl sites for hydroxylation is 1. The van der Waals surface area contributed by atoms with Crippen LogP contribution in [0.1, 0.15) is 56.9 Å². The number of amides is 1. The molecule has 2 unspecified atom stereocenters. The molecular formula is C24H29N3O4S. The van der Waals surface area contributed by atoms with E-state index in [0.717, 1.165) is 36.6 Å². The number of likely N-dealkylation sites (tertiary alicyclic amines) is 1. The number of benzene rings is 1. The topological polar surface area (TPSA) is 92.5 Å². The molecule has 7 nitrogen and oxygen atoms in total. The van der Waals surface area contributed by atoms with Crippen molar-refractivity contribution in [3.05, 3.63) is 41.9 Å². The van der Waals surface area contributed by atoms with Crippen molar-refractivity contribution in [3.8, 4) is 11.3 Å². The van der Waals surface area contributed by atoms with Crippen molar-refractivity contribution in [3.63, 3.8) is 0 Å². The summed E-state index contributed by atoms with van der Waals surface area (Å²) in [4.78, 5) is 43.1. The average molecular weight is 456 g/mol. The summed E-state index contributed by atoms with van der Waals surface area (Å²) in [5.74, 6) is 1.71. The number of oxazole rings is 1. The molecule has 8 heteroatoms. The number of Topliss-reactive ketones (excluding diaryl/α,β-unsaturated/α-hetero) is 1. The molecule has 170 valence electrons. The minimum Gasteiger partial charge on any atom is -0.441 e. The predicted molar refractivity (Wildman–Crippen MR) is 123 cm³/mol. The van der Waals surface area contributed by atoms with Crippen molar-refractivity contribution in [2.45, 2.75) is 64.1 Å². The number of nitrogens with one attached hydrogen (secondary N) is 1. The molecule has 4 rings (SSSR count). The molecule has 0 saturated carbocycles. The fourth-order valence-corrected chi connectivity index (χ4v) is 5.11. The Hall–Kier alpha value is -2.45. The molecule has 3 heterocycles. The van der Waals surface area contributed by atoms with E-state index in [1.165, 1.54) is 5.56 Å². The standard InChI is InChI=1S/C24H29N3O4S/c1-15(2)16-6-8-17(9-7-16)19-13-25-22(31-19)11-10-21(29)26-20-5-3-4-12-27(20)23-18(28)14-32-24(23)30/h6-9,13,15,20,23H,3-5,10-12,14H2,1-2H3,(H,26,29). The van der Waals surface area contributed by atoms with Crippen molar-refractivity contribution >= 4 is 28.6 Å². The van der Waals surface area contributed by atoms with Crippen LogP contribution in [0.2, 0.25) is 0 Å². The number of ketones is 1. The highest BCUT2D eigenvalue weighted by Gasteiger charge is 2.42. The molecule has 2 saturated heterocycles. The predicted octanol–water partition coefficient (Wildman–Crippen LogP) is 3.54. The molecule has 1 aromatic carbocycles. The summed E-state index contributed by atoms with van der Waals surface area (Å²) in [6.07, 6.45) is 4.65. The normalized spacial score (nSPS) is 22.0. The number of hydrogen-bond acceptors (Lipinski definition) is 7. The average Bonchev–Trinajstić information content (AvgIpc) is 3.39. The first kappa shape index (κ1) is 22.7. The molecule has 0 spiro atoms. The highest BCUT2D eigenvalue weighted by atomic mass is 32.2. The monoisotopic (exact) mass is 455 g/mol. The van der Waals surface area contributed by atoms with Gasteiger partial charge in [0.25, 0.3) is 0 Å². The van der Waals surface area contributed by atoms with Crippen molar-refractivity contribution < 1.29 is 18.8 Å². The van der Waals surface area contributed by atoms with Gasteiger partial charge in [0.15, 0.2) is 17.4 Å². The summed E-state index contributed by atoms with van der Waals surface area (Å²) in [7, 11) is 0. The molecule has 2 aliphatic rings. The molecule has 0 aliphatic carbocycles. The zero-order valence-corrected chi connectivity index (χ0v) is 19.3. The Bertz CT molecular complexity index is 969. The molecule has 0 bridgehead atoms. The summed E-state index contributed by atoms with van der Waals surface area (Å²) >= 11 is 1.07. The molecule has 2 fully saturated rings. The van der Waals surface area contributed by atoms with Gasteiger partial charge in [0, 0.05) is 24.9 Å². The van der Waals surface area contributed by atoms with Crippen LogP contribution in [0, 0.1) is 0 Å². The lowest BCUT2D eigenvalue weighted by atomic mass is 10.0. The van der Waals surface area contributed by atoms with Crippen LogP contribution in [-0.4, -0.2) is 51.2 Å². The first-order valence-corrected chi connectivity index (χ1v) is 12.2. The molecule has 32 heavy (non-hydrogen) atoms. The maximum atomic E-state index is 12.6. The largest absolute Gasteiger partial charge is 0.441 e. The molecular weight excluding hydrogens is 426 g/mol. The fourth-order valence-electron chi connectivity index (χ4n) is 4.24. The second-order valence-corrected chi connectivity index (χ2v) is 9.67. The molecule has 0 radical (unpaired) electrons. The van der Waals surface area contributed by atoms with Crippen molar-refractivity contribution in [2.24, 2.45) is 0 Å². The third-order valence-electron chi connectivity index (χ3n) is 6.07. The number of rotatable bonds is 7. The Labute approximate surface area is 192 Å². The van der Waals surface area contributed by atoms with Gasteiger partial charge in [-0.1, -0.05) is 49.9 Å². The molecule has 2 aromatic rings. The van der Waals surface area contributed by atoms with E-state index in [0.29, 0.717) is 30.5 Å². The molecule has 1 amide bonds. The van der Waals surface area contributed by atoms with E-state index in [9.17, 15) is 14.4 Å². The van der Waals surface area contributed by atoms with Crippen LogP contribution in [0.25, 0.3) is 11.3 Å². The summed E-state index contributed by atoms with van der Waals surface area (Å²) in [5.41, 5.74) is 2.22. The van der Waals surface area contributed by atoms with E-state index in [2.05, 4.69) is 36.3 Å². The van der Waals surface area contributed by atoms with Gasteiger partial charge in [-0.15, -0.1) is 0 Å². The zero-order chi connectivity index (χ0) is 22.7. The van der Waals surface area contributed by atoms with Gasteiger partial charge in [0.1, 0.15) is 6.04 Å². The van der Waals surface area contributed by atoms with Gasteiger partial charge in [0.2, 0.25) is 11.0 Å². The Morgan fingerprint density at radius 3 is 2.72 bits per heavy atom. The second-order valence-electron chi connectivity index (χ2n) is 8.69. The number of aromatic nitrogens is 1. The number of thioether (sulfide) groups is 1. The summed E-state index contributed by atoms with van der Waals surface area (Å²) < 4.78 is 5.85. The van der Waals surface area contributed by atoms with Gasteiger partial charge in [-0.2, -0.15) is 0 Å². The van der Waals surface area contributed by atoms with Gasteiger partial charge in [-0.05, 0) is 30.7 Å². The van der Waals surface area contributed by atoms with Crippen LogP contribution in [0.4, 0.5) is 0 Å². The summed E-state index contributed by atoms with van der Waals surface area (Å²) in [5, 5.41) is 2.91. The smallest absolute Gasteiger partial charge is 0.221 e. The van der Waals surface area contributed by atoms with E-state index < -0.39 is 6.04 Å². The Morgan fingerprint density at radius 1 is 1.25 bits per heavy atom. The Kier molecular flexibility index (Phi) is 7.10. The third-order valence-corrected chi connectivity index (χ3v) is 7.01. The number of carbonyl (C=O) groups is 3. The van der Waals surface area contributed by atoms with Gasteiger partial charge in [0.05, 0.1) is 18.1 Å². The van der Waals surface area contributed by atoms with Crippen LogP contribution in [-0.2, 0) is 20.8 Å². The van der Waals surface area contributed by atoms with E-state index in [1.54, 1.807) is 6.20 Å². The highest BCUT2D eigenvalue weighted by Crippen LogP contribution is 2.27. The third kappa shape index (κ3) is 5.13. The quantitative estimate of drug-likeness (QED) is 0.639. The maximum Gasteiger partial charge on any atom is 0.221 e. The number of nitrogens with zero attached hydrogens (tertiary/aromatic N) is 2. The first-order chi connectivity index (χ1) is 15.4. The van der Waals surface area contributed by atoms with E-state index in [1.807, 2.05) is 17.0 Å². The van der Waals surface area contributed by atoms with Gasteiger partial charge in [-0.25, -0.2) is 4.98 Å². The minimum atomic E-state index is -0.720. The lowest BCUT2D eigenvalue weighted by Gasteiger charge is -2.38. The van der Waals surface area contributed by atoms with E-state index in [-0.39, 0.29) is 35.1 Å². The van der Waals surface area contributed by atoms with Gasteiger partial charge in [-0.3, -0.25) is 19.3 Å². The van der Waals surface area contributed by atoms with Crippen LogP contribution >= 0.6 is 11.8 Å². The molecule has 1 N–H and O–H groups in total. The van der Waals surface area contributed by atoms with Crippen LogP contribution in [0.5, 0.6) is 0 Å². The lowest BCUT2D eigenvalue weighted by Crippen LogP contribution is -2.57. The van der Waals surface area contributed by atoms with Crippen LogP contribution < -0.4 is 5.32 Å². The number of carbonyl (C=O) groups excluding carboxylic acids is 3. The van der Waals surface area contributed by atoms with Gasteiger partial charge >= 0.3 is 0 Å². The van der Waals surface area contributed by atoms with Crippen molar-refractivity contribution in [1.29, 1.82) is 0 Å². The lowest BCUT2D eigenvalue weighted by molar-refractivity contribution is -0.133. The number of hydrogen-bond donors (Lipinski definition) is 1. The molecule has 1 aromatic heterocycles. The minimum absolute atomic E-state index is 0.0603. The van der Waals surface area contributed by atoms with Crippen molar-refractivity contribution in [2.75, 3.05) is 12.3 Å². The first-order valence-electron chi connectivity index (χ1n) is 11.2. The van der Waals surface area contributed by atoms with E-state index in [4.69, 9.17) is 4.42 Å². The maximum absolute atomic E-state index is 12.6. The molecule has 2 atom stereocenters. The fraction of sp³-hybridized carbons (Fsp3) is 0.500. The zero-order valence-electron chi connectivity index (χ0n) is 18.5. The second kappa shape index (κ2) is 10.0. The highest BCUT2D eigenvalue weighted by molar-refractivity contribution is 8.15. The number of piperidine rings is 1. The van der Waals surface area contributed by atoms with Crippen molar-refractivity contribution in [1.82, 2.24) is 15.2 Å². The molecule has 2 aliphatic heterocycles. The van der Waals surface area contributed by atoms with Crippen LogP contribution in [0.15, 0.2) is 34.9 Å². The SMILES string of the molecule is CC(C)c1ccc(-c2cnc(CCC(=O)NC3CCCCN3C3C(=O)CSC3=O)o2)cc1. The van der Waals surface area contributed by atoms with E-state index >= 15 is 0 Å².